The van der Waals surface area contributed by atoms with E-state index in [9.17, 15) is 8.78 Å². The zero-order chi connectivity index (χ0) is 14.5. The van der Waals surface area contributed by atoms with Crippen LogP contribution in [-0.2, 0) is 19.7 Å². The summed E-state index contributed by atoms with van der Waals surface area (Å²) >= 11 is 3.10. The first-order chi connectivity index (χ1) is 9.60. The van der Waals surface area contributed by atoms with E-state index >= 15 is 0 Å². The topological polar surface area (TPSA) is 32.3 Å². The van der Waals surface area contributed by atoms with Gasteiger partial charge in [0.2, 0.25) is 0 Å². The van der Waals surface area contributed by atoms with E-state index in [0.717, 1.165) is 11.1 Å². The maximum atomic E-state index is 13.3. The molecule has 2 aromatic rings. The van der Waals surface area contributed by atoms with E-state index in [1.807, 2.05) is 6.07 Å². The Morgan fingerprint density at radius 3 is 2.25 bits per heavy atom. The van der Waals surface area contributed by atoms with Crippen molar-refractivity contribution in [2.45, 2.75) is 19.7 Å². The summed E-state index contributed by atoms with van der Waals surface area (Å²) < 4.78 is 27.0. The maximum absolute atomic E-state index is 13.3. The Balaban J connectivity index is 1.94. The second-order valence-corrected chi connectivity index (χ2v) is 5.29. The van der Waals surface area contributed by atoms with Crippen LogP contribution in [0.15, 0.2) is 40.9 Å². The number of aliphatic hydroxyl groups is 1. The molecular weight excluding hydrogens is 328 g/mol. The van der Waals surface area contributed by atoms with Crippen molar-refractivity contribution >= 4 is 15.9 Å². The van der Waals surface area contributed by atoms with Crippen LogP contribution in [-0.4, -0.2) is 5.11 Å². The minimum Gasteiger partial charge on any atom is -0.392 e. The lowest BCUT2D eigenvalue weighted by molar-refractivity contribution is 0.275. The monoisotopic (exact) mass is 341 g/mol. The standard InChI is InChI=1S/C15H14BrF2NO/c16-13-3-1-11(6-15(13)18)8-19-7-10-2-4-14(17)12(5-10)9-20/h1-6,19-20H,7-9H2. The fourth-order valence-corrected chi connectivity index (χ4v) is 2.11. The van der Waals surface area contributed by atoms with Crippen molar-refractivity contribution in [1.29, 1.82) is 0 Å². The van der Waals surface area contributed by atoms with E-state index < -0.39 is 5.82 Å². The molecule has 2 aromatic carbocycles. The summed E-state index contributed by atoms with van der Waals surface area (Å²) in [6.07, 6.45) is 0. The molecule has 0 aliphatic carbocycles. The summed E-state index contributed by atoms with van der Waals surface area (Å²) in [6.45, 7) is 0.707. The molecule has 0 fully saturated rings. The van der Waals surface area contributed by atoms with Gasteiger partial charge in [0.05, 0.1) is 11.1 Å². The van der Waals surface area contributed by atoms with Gasteiger partial charge in [-0.15, -0.1) is 0 Å². The van der Waals surface area contributed by atoms with Gasteiger partial charge in [-0.3, -0.25) is 0 Å². The summed E-state index contributed by atoms with van der Waals surface area (Å²) in [5, 5.41) is 12.1. The van der Waals surface area contributed by atoms with Crippen LogP contribution in [0.5, 0.6) is 0 Å². The van der Waals surface area contributed by atoms with Crippen LogP contribution in [0.3, 0.4) is 0 Å². The molecule has 0 radical (unpaired) electrons. The molecule has 0 saturated carbocycles. The molecule has 0 spiro atoms. The summed E-state index contributed by atoms with van der Waals surface area (Å²) in [5.41, 5.74) is 1.97. The Hall–Kier alpha value is -1.30. The molecule has 5 heteroatoms. The fourth-order valence-electron chi connectivity index (χ4n) is 1.86. The number of hydrogen-bond acceptors (Lipinski definition) is 2. The highest BCUT2D eigenvalue weighted by Crippen LogP contribution is 2.16. The Kier molecular flexibility index (Phi) is 5.23. The predicted octanol–water partition coefficient (Wildman–Crippen LogP) is 3.51. The molecule has 0 amide bonds. The second kappa shape index (κ2) is 6.92. The van der Waals surface area contributed by atoms with Crippen molar-refractivity contribution in [3.63, 3.8) is 0 Å². The fraction of sp³-hybridized carbons (Fsp3) is 0.200. The van der Waals surface area contributed by atoms with Crippen molar-refractivity contribution in [3.8, 4) is 0 Å². The largest absolute Gasteiger partial charge is 0.392 e. The van der Waals surface area contributed by atoms with Gasteiger partial charge in [-0.25, -0.2) is 8.78 Å². The third-order valence-electron chi connectivity index (χ3n) is 2.92. The first kappa shape index (κ1) is 15.1. The summed E-state index contributed by atoms with van der Waals surface area (Å²) in [6, 6.07) is 9.55. The molecule has 0 aliphatic heterocycles. The molecule has 20 heavy (non-hydrogen) atoms. The molecule has 0 saturated heterocycles. The lowest BCUT2D eigenvalue weighted by Gasteiger charge is -2.08. The van der Waals surface area contributed by atoms with Crippen LogP contribution in [0, 0.1) is 11.6 Å². The van der Waals surface area contributed by atoms with Crippen LogP contribution >= 0.6 is 15.9 Å². The molecule has 0 unspecified atom stereocenters. The van der Waals surface area contributed by atoms with Gasteiger partial charge >= 0.3 is 0 Å². The van der Waals surface area contributed by atoms with E-state index in [4.69, 9.17) is 5.11 Å². The van der Waals surface area contributed by atoms with Crippen molar-refractivity contribution < 1.29 is 13.9 Å². The highest BCUT2D eigenvalue weighted by Gasteiger charge is 2.03. The molecule has 2 rings (SSSR count). The molecule has 0 atom stereocenters. The normalized spacial score (nSPS) is 10.8. The Morgan fingerprint density at radius 2 is 1.60 bits per heavy atom. The Morgan fingerprint density at radius 1 is 0.950 bits per heavy atom. The predicted molar refractivity (Wildman–Crippen MR) is 77.0 cm³/mol. The zero-order valence-corrected chi connectivity index (χ0v) is 12.3. The van der Waals surface area contributed by atoms with Gasteiger partial charge < -0.3 is 10.4 Å². The molecule has 0 aliphatic rings. The summed E-state index contributed by atoms with van der Waals surface area (Å²) in [5.74, 6) is -0.708. The van der Waals surface area contributed by atoms with E-state index in [-0.39, 0.29) is 18.0 Å². The lowest BCUT2D eigenvalue weighted by Crippen LogP contribution is -2.13. The molecule has 106 valence electrons. The van der Waals surface area contributed by atoms with Gasteiger partial charge in [0, 0.05) is 18.7 Å². The minimum atomic E-state index is -0.411. The quantitative estimate of drug-likeness (QED) is 0.872. The van der Waals surface area contributed by atoms with Crippen LogP contribution in [0.25, 0.3) is 0 Å². The van der Waals surface area contributed by atoms with E-state index in [0.29, 0.717) is 17.6 Å². The molecule has 2 N–H and O–H groups in total. The number of rotatable bonds is 5. The first-order valence-corrected chi connectivity index (χ1v) is 6.92. The van der Waals surface area contributed by atoms with Crippen LogP contribution in [0.4, 0.5) is 8.78 Å². The average Bonchev–Trinajstić information content (AvgIpc) is 2.44. The van der Waals surface area contributed by atoms with Crippen molar-refractivity contribution in [2.75, 3.05) is 0 Å². The third-order valence-corrected chi connectivity index (χ3v) is 3.57. The van der Waals surface area contributed by atoms with Crippen molar-refractivity contribution in [3.05, 3.63) is 69.2 Å². The summed E-state index contributed by atoms with van der Waals surface area (Å²) in [4.78, 5) is 0. The number of halogens is 3. The van der Waals surface area contributed by atoms with Gasteiger partial charge in [-0.05, 0) is 51.3 Å². The smallest absolute Gasteiger partial charge is 0.137 e. The second-order valence-electron chi connectivity index (χ2n) is 4.44. The van der Waals surface area contributed by atoms with Crippen LogP contribution in [0.1, 0.15) is 16.7 Å². The number of benzene rings is 2. The van der Waals surface area contributed by atoms with Gasteiger partial charge in [0.1, 0.15) is 11.6 Å². The number of hydrogen-bond donors (Lipinski definition) is 2. The average molecular weight is 342 g/mol. The Bertz CT molecular complexity index is 604. The van der Waals surface area contributed by atoms with E-state index in [1.54, 1.807) is 18.2 Å². The summed E-state index contributed by atoms with van der Waals surface area (Å²) in [7, 11) is 0. The van der Waals surface area contributed by atoms with Gasteiger partial charge in [-0.2, -0.15) is 0 Å². The third kappa shape index (κ3) is 3.85. The Labute approximate surface area is 124 Å². The van der Waals surface area contributed by atoms with E-state index in [2.05, 4.69) is 21.2 Å². The van der Waals surface area contributed by atoms with Gasteiger partial charge in [-0.1, -0.05) is 12.1 Å². The molecule has 0 bridgehead atoms. The highest BCUT2D eigenvalue weighted by atomic mass is 79.9. The molecule has 0 aromatic heterocycles. The minimum absolute atomic E-state index is 0.277. The molecule has 0 heterocycles. The van der Waals surface area contributed by atoms with Gasteiger partial charge in [0.25, 0.3) is 0 Å². The zero-order valence-electron chi connectivity index (χ0n) is 10.7. The number of nitrogens with one attached hydrogen (secondary N) is 1. The molecule has 2 nitrogen and oxygen atoms in total. The van der Waals surface area contributed by atoms with Gasteiger partial charge in [0.15, 0.2) is 0 Å². The van der Waals surface area contributed by atoms with Crippen LogP contribution < -0.4 is 5.32 Å². The SMILES string of the molecule is OCc1cc(CNCc2ccc(Br)c(F)c2)ccc1F. The maximum Gasteiger partial charge on any atom is 0.137 e. The number of aliphatic hydroxyl groups excluding tert-OH is 1. The van der Waals surface area contributed by atoms with Crippen molar-refractivity contribution in [2.24, 2.45) is 0 Å². The highest BCUT2D eigenvalue weighted by molar-refractivity contribution is 9.10. The van der Waals surface area contributed by atoms with Crippen molar-refractivity contribution in [1.82, 2.24) is 5.32 Å². The molecular formula is C15H14BrF2NO. The first-order valence-electron chi connectivity index (χ1n) is 6.13. The lowest BCUT2D eigenvalue weighted by atomic mass is 10.1. The van der Waals surface area contributed by atoms with Crippen LogP contribution in [0.2, 0.25) is 0 Å². The van der Waals surface area contributed by atoms with E-state index in [1.165, 1.54) is 12.1 Å².